The standard InChI is InChI=1S/C17H14F2N4O2.ClH/c1-9-6-10(18)2-5-14(9)23-8-15(24)16(22-23)17(25)21-11-3-4-12(19)13(20)7-11;/h2-8,24H,20H2,1H3,(H,21,25);1H. The van der Waals surface area contributed by atoms with E-state index in [4.69, 9.17) is 5.73 Å². The molecule has 0 aliphatic carbocycles. The second kappa shape index (κ2) is 7.40. The minimum absolute atomic E-state index is 0. The number of aryl methyl sites for hydroxylation is 1. The maximum Gasteiger partial charge on any atom is 0.280 e. The smallest absolute Gasteiger partial charge is 0.280 e. The van der Waals surface area contributed by atoms with Crippen molar-refractivity contribution in [1.29, 1.82) is 0 Å². The van der Waals surface area contributed by atoms with Crippen LogP contribution in [0.15, 0.2) is 42.6 Å². The first-order chi connectivity index (χ1) is 11.8. The molecule has 0 saturated heterocycles. The quantitative estimate of drug-likeness (QED) is 0.607. The number of rotatable bonds is 3. The van der Waals surface area contributed by atoms with Crippen LogP contribution in [-0.4, -0.2) is 20.8 Å². The van der Waals surface area contributed by atoms with E-state index >= 15 is 0 Å². The number of nitrogens with zero attached hydrogens (tertiary/aromatic N) is 2. The maximum absolute atomic E-state index is 13.2. The molecule has 1 amide bonds. The first-order valence-electron chi connectivity index (χ1n) is 7.26. The molecule has 26 heavy (non-hydrogen) atoms. The number of nitrogens with one attached hydrogen (secondary N) is 1. The number of aromatic hydroxyl groups is 1. The number of nitrogen functional groups attached to an aromatic ring is 1. The second-order valence-corrected chi connectivity index (χ2v) is 5.43. The molecule has 2 aromatic carbocycles. The normalized spacial score (nSPS) is 10.3. The van der Waals surface area contributed by atoms with Crippen LogP contribution in [0.1, 0.15) is 16.1 Å². The molecule has 0 aliphatic rings. The van der Waals surface area contributed by atoms with Crippen molar-refractivity contribution in [3.63, 3.8) is 0 Å². The molecule has 136 valence electrons. The predicted octanol–water partition coefficient (Wildman–Crippen LogP) is 3.42. The fourth-order valence-corrected chi connectivity index (χ4v) is 2.34. The van der Waals surface area contributed by atoms with Gasteiger partial charge in [0, 0.05) is 5.69 Å². The van der Waals surface area contributed by atoms with Gasteiger partial charge in [-0.2, -0.15) is 5.10 Å². The number of benzene rings is 2. The van der Waals surface area contributed by atoms with Crippen LogP contribution >= 0.6 is 12.4 Å². The first kappa shape index (κ1) is 19.2. The molecule has 3 rings (SSSR count). The minimum Gasteiger partial charge on any atom is -0.504 e. The van der Waals surface area contributed by atoms with Crippen LogP contribution in [0.25, 0.3) is 5.69 Å². The summed E-state index contributed by atoms with van der Waals surface area (Å²) in [6.07, 6.45) is 1.24. The third-order valence-corrected chi connectivity index (χ3v) is 3.57. The second-order valence-electron chi connectivity index (χ2n) is 5.43. The molecule has 1 heterocycles. The van der Waals surface area contributed by atoms with E-state index in [1.54, 1.807) is 6.92 Å². The number of aromatic nitrogens is 2. The Morgan fingerprint density at radius 1 is 1.23 bits per heavy atom. The summed E-state index contributed by atoms with van der Waals surface area (Å²) < 4.78 is 27.6. The molecule has 0 unspecified atom stereocenters. The largest absolute Gasteiger partial charge is 0.504 e. The van der Waals surface area contributed by atoms with E-state index in [1.165, 1.54) is 41.2 Å². The predicted molar refractivity (Wildman–Crippen MR) is 95.9 cm³/mol. The van der Waals surface area contributed by atoms with Gasteiger partial charge in [0.2, 0.25) is 0 Å². The Morgan fingerprint density at radius 3 is 2.62 bits per heavy atom. The van der Waals surface area contributed by atoms with Crippen LogP contribution in [0.4, 0.5) is 20.2 Å². The van der Waals surface area contributed by atoms with Gasteiger partial charge in [0.05, 0.1) is 17.6 Å². The lowest BCUT2D eigenvalue weighted by Gasteiger charge is -2.06. The Balaban J connectivity index is 0.00000243. The zero-order valence-electron chi connectivity index (χ0n) is 13.5. The number of amides is 1. The molecule has 0 atom stereocenters. The van der Waals surface area contributed by atoms with Gasteiger partial charge < -0.3 is 16.2 Å². The molecule has 1 aromatic heterocycles. The summed E-state index contributed by atoms with van der Waals surface area (Å²) >= 11 is 0. The summed E-state index contributed by atoms with van der Waals surface area (Å²) in [6, 6.07) is 7.76. The van der Waals surface area contributed by atoms with Crippen LogP contribution in [0, 0.1) is 18.6 Å². The van der Waals surface area contributed by atoms with Crippen molar-refractivity contribution in [2.45, 2.75) is 6.92 Å². The zero-order chi connectivity index (χ0) is 18.1. The fraction of sp³-hybridized carbons (Fsp3) is 0.0588. The third-order valence-electron chi connectivity index (χ3n) is 3.57. The number of anilines is 2. The highest BCUT2D eigenvalue weighted by Gasteiger charge is 2.18. The molecule has 0 aliphatic heterocycles. The Kier molecular flexibility index (Phi) is 5.47. The van der Waals surface area contributed by atoms with Gasteiger partial charge in [-0.15, -0.1) is 12.4 Å². The number of nitrogens with two attached hydrogens (primary N) is 1. The molecular weight excluding hydrogens is 366 g/mol. The highest BCUT2D eigenvalue weighted by molar-refractivity contribution is 6.04. The minimum atomic E-state index is -0.693. The number of carbonyl (C=O) groups is 1. The van der Waals surface area contributed by atoms with Crippen molar-refractivity contribution in [3.05, 3.63) is 65.5 Å². The van der Waals surface area contributed by atoms with Crippen molar-refractivity contribution < 1.29 is 18.7 Å². The van der Waals surface area contributed by atoms with Gasteiger partial charge in [0.1, 0.15) is 11.6 Å². The van der Waals surface area contributed by atoms with Crippen molar-refractivity contribution >= 4 is 29.7 Å². The SMILES string of the molecule is Cc1cc(F)ccc1-n1cc(O)c(C(=O)Nc2ccc(F)c(N)c2)n1.Cl. The summed E-state index contributed by atoms with van der Waals surface area (Å²) in [4.78, 5) is 12.3. The van der Waals surface area contributed by atoms with E-state index in [-0.39, 0.29) is 35.2 Å². The van der Waals surface area contributed by atoms with Gasteiger partial charge in [-0.25, -0.2) is 13.5 Å². The van der Waals surface area contributed by atoms with E-state index in [1.807, 2.05) is 0 Å². The van der Waals surface area contributed by atoms with Gasteiger partial charge in [-0.3, -0.25) is 4.79 Å². The van der Waals surface area contributed by atoms with Gasteiger partial charge in [0.25, 0.3) is 5.91 Å². The number of carbonyl (C=O) groups excluding carboxylic acids is 1. The molecule has 9 heteroatoms. The van der Waals surface area contributed by atoms with Crippen molar-refractivity contribution in [2.24, 2.45) is 0 Å². The average molecular weight is 381 g/mol. The number of halogens is 3. The highest BCUT2D eigenvalue weighted by atomic mass is 35.5. The van der Waals surface area contributed by atoms with Crippen LogP contribution in [0.3, 0.4) is 0 Å². The fourth-order valence-electron chi connectivity index (χ4n) is 2.34. The summed E-state index contributed by atoms with van der Waals surface area (Å²) in [5, 5.41) is 16.5. The Bertz CT molecular complexity index is 975. The molecule has 0 bridgehead atoms. The lowest BCUT2D eigenvalue weighted by atomic mass is 10.2. The molecule has 6 nitrogen and oxygen atoms in total. The highest BCUT2D eigenvalue weighted by Crippen LogP contribution is 2.23. The van der Waals surface area contributed by atoms with E-state index in [0.717, 1.165) is 6.07 Å². The number of hydrogen-bond donors (Lipinski definition) is 3. The van der Waals surface area contributed by atoms with E-state index in [2.05, 4.69) is 10.4 Å². The molecule has 0 radical (unpaired) electrons. The van der Waals surface area contributed by atoms with E-state index in [0.29, 0.717) is 11.3 Å². The molecular formula is C17H15ClF2N4O2. The van der Waals surface area contributed by atoms with Gasteiger partial charge in [-0.05, 0) is 48.9 Å². The average Bonchev–Trinajstić information content (AvgIpc) is 2.92. The summed E-state index contributed by atoms with van der Waals surface area (Å²) in [5.41, 5.74) is 6.46. The molecule has 4 N–H and O–H groups in total. The topological polar surface area (TPSA) is 93.2 Å². The number of hydrogen-bond acceptors (Lipinski definition) is 4. The zero-order valence-corrected chi connectivity index (χ0v) is 14.3. The van der Waals surface area contributed by atoms with Crippen molar-refractivity contribution in [2.75, 3.05) is 11.1 Å². The Labute approximate surface area is 153 Å². The van der Waals surface area contributed by atoms with E-state index < -0.39 is 17.5 Å². The van der Waals surface area contributed by atoms with Crippen molar-refractivity contribution in [3.8, 4) is 11.4 Å². The van der Waals surface area contributed by atoms with Crippen LogP contribution < -0.4 is 11.1 Å². The maximum atomic E-state index is 13.2. The molecule has 0 spiro atoms. The lowest BCUT2D eigenvalue weighted by Crippen LogP contribution is -2.14. The van der Waals surface area contributed by atoms with Crippen LogP contribution in [0.2, 0.25) is 0 Å². The first-order valence-corrected chi connectivity index (χ1v) is 7.26. The van der Waals surface area contributed by atoms with Crippen LogP contribution in [0.5, 0.6) is 5.75 Å². The van der Waals surface area contributed by atoms with Gasteiger partial charge in [-0.1, -0.05) is 0 Å². The Hall–Kier alpha value is -3.13. The summed E-state index contributed by atoms with van der Waals surface area (Å²) in [6.45, 7) is 1.68. The lowest BCUT2D eigenvalue weighted by molar-refractivity contribution is 0.101. The Morgan fingerprint density at radius 2 is 1.96 bits per heavy atom. The van der Waals surface area contributed by atoms with Crippen molar-refractivity contribution in [1.82, 2.24) is 9.78 Å². The molecule has 0 saturated carbocycles. The van der Waals surface area contributed by atoms with E-state index in [9.17, 15) is 18.7 Å². The van der Waals surface area contributed by atoms with Crippen LogP contribution in [-0.2, 0) is 0 Å². The summed E-state index contributed by atoms with van der Waals surface area (Å²) in [5.74, 6) is -2.04. The third kappa shape index (κ3) is 3.75. The molecule has 0 fully saturated rings. The monoisotopic (exact) mass is 380 g/mol. The molecule has 3 aromatic rings. The summed E-state index contributed by atoms with van der Waals surface area (Å²) in [7, 11) is 0. The van der Waals surface area contributed by atoms with Gasteiger partial charge >= 0.3 is 0 Å². The van der Waals surface area contributed by atoms with Gasteiger partial charge in [0.15, 0.2) is 11.4 Å².